The van der Waals surface area contributed by atoms with Crippen molar-refractivity contribution in [1.29, 1.82) is 0 Å². The van der Waals surface area contributed by atoms with E-state index in [0.717, 1.165) is 27.7 Å². The lowest BCUT2D eigenvalue weighted by Crippen LogP contribution is -2.33. The number of H-pyrrole nitrogens is 1. The van der Waals surface area contributed by atoms with Crippen LogP contribution in [0, 0.1) is 5.82 Å². The van der Waals surface area contributed by atoms with E-state index in [0.29, 0.717) is 12.1 Å². The highest BCUT2D eigenvalue weighted by atomic mass is 35.5. The van der Waals surface area contributed by atoms with Crippen molar-refractivity contribution in [2.24, 2.45) is 7.05 Å². The first-order valence-electron chi connectivity index (χ1n) is 13.3. The number of aromatic amines is 1. The van der Waals surface area contributed by atoms with Gasteiger partial charge < -0.3 is 5.11 Å². The highest BCUT2D eigenvalue weighted by molar-refractivity contribution is 6.31. The summed E-state index contributed by atoms with van der Waals surface area (Å²) in [7, 11) is 1.80. The number of alkyl halides is 3. The lowest BCUT2D eigenvalue weighted by molar-refractivity contribution is -0.659. The minimum atomic E-state index is -4.70. The second-order valence-corrected chi connectivity index (χ2v) is 10.5. The number of nitrogens with one attached hydrogen (secondary N) is 1. The molecule has 0 aliphatic carbocycles. The molecule has 6 aromatic rings. The minimum absolute atomic E-state index is 0.0464. The third-order valence-electron chi connectivity index (χ3n) is 7.13. The number of pyridine rings is 1. The van der Waals surface area contributed by atoms with Crippen LogP contribution in [0.3, 0.4) is 0 Å². The number of hydrogen-bond acceptors (Lipinski definition) is 5. The van der Waals surface area contributed by atoms with Gasteiger partial charge in [-0.05, 0) is 42.0 Å². The number of aromatic carboxylic acids is 1. The Kier molecular flexibility index (Phi) is 7.66. The van der Waals surface area contributed by atoms with Gasteiger partial charge in [0.1, 0.15) is 0 Å². The zero-order chi connectivity index (χ0) is 31.9. The highest BCUT2D eigenvalue weighted by Gasteiger charge is 2.41. The van der Waals surface area contributed by atoms with Crippen LogP contribution in [-0.4, -0.2) is 45.9 Å². The second kappa shape index (κ2) is 11.6. The van der Waals surface area contributed by atoms with Crippen molar-refractivity contribution in [3.8, 4) is 27.9 Å². The summed E-state index contributed by atoms with van der Waals surface area (Å²) in [5.74, 6) is -1.86. The van der Waals surface area contributed by atoms with E-state index in [2.05, 4.69) is 25.5 Å². The maximum absolute atomic E-state index is 15.4. The molecule has 6 rings (SSSR count). The number of carboxylic acid groups (broad SMARTS) is 1. The molecule has 45 heavy (non-hydrogen) atoms. The number of aryl methyl sites for hydroxylation is 1. The quantitative estimate of drug-likeness (QED) is 0.164. The van der Waals surface area contributed by atoms with Crippen molar-refractivity contribution in [1.82, 2.24) is 34.9 Å². The highest BCUT2D eigenvalue weighted by Crippen LogP contribution is 2.33. The van der Waals surface area contributed by atoms with Crippen LogP contribution in [0.25, 0.3) is 27.9 Å². The number of carbonyl (C=O) groups is 1. The molecule has 0 amide bonds. The number of rotatable bonds is 8. The van der Waals surface area contributed by atoms with Crippen LogP contribution in [-0.2, 0) is 19.6 Å². The van der Waals surface area contributed by atoms with E-state index in [4.69, 9.17) is 11.6 Å². The minimum Gasteiger partial charge on any atom is -0.478 e. The number of nitrogens with zero attached hydrogens (tertiary/aromatic N) is 7. The Morgan fingerprint density at radius 3 is 2.42 bits per heavy atom. The zero-order valence-corrected chi connectivity index (χ0v) is 24.0. The molecule has 2 aromatic carbocycles. The maximum Gasteiger partial charge on any atom is 0.464 e. The van der Waals surface area contributed by atoms with Crippen molar-refractivity contribution in [2.75, 3.05) is 0 Å². The molecule has 0 aliphatic heterocycles. The van der Waals surface area contributed by atoms with Crippen molar-refractivity contribution in [2.45, 2.75) is 18.6 Å². The molecule has 0 spiro atoms. The lowest BCUT2D eigenvalue weighted by atomic mass is 10.0. The van der Waals surface area contributed by atoms with Crippen molar-refractivity contribution in [3.05, 3.63) is 119 Å². The summed E-state index contributed by atoms with van der Waals surface area (Å²) in [4.78, 5) is 15.9. The predicted molar refractivity (Wildman–Crippen MR) is 153 cm³/mol. The van der Waals surface area contributed by atoms with E-state index in [-0.39, 0.29) is 27.4 Å². The molecule has 10 nitrogen and oxygen atoms in total. The third kappa shape index (κ3) is 6.04. The average Bonchev–Trinajstić information content (AvgIpc) is 3.79. The molecular formula is C30H22ClF4N8O2+. The van der Waals surface area contributed by atoms with Gasteiger partial charge in [-0.15, -0.1) is 4.68 Å². The van der Waals surface area contributed by atoms with Gasteiger partial charge >= 0.3 is 17.8 Å². The average molecular weight is 638 g/mol. The largest absolute Gasteiger partial charge is 0.478 e. The van der Waals surface area contributed by atoms with Crippen LogP contribution in [0.4, 0.5) is 17.6 Å². The third-order valence-corrected chi connectivity index (χ3v) is 7.42. The van der Waals surface area contributed by atoms with Crippen molar-refractivity contribution < 1.29 is 32.1 Å². The molecule has 0 aliphatic rings. The first-order valence-corrected chi connectivity index (χ1v) is 13.7. The molecule has 228 valence electrons. The summed E-state index contributed by atoms with van der Waals surface area (Å²) in [5.41, 5.74) is 2.05. The zero-order valence-electron chi connectivity index (χ0n) is 23.2. The fourth-order valence-electron chi connectivity index (χ4n) is 4.88. The van der Waals surface area contributed by atoms with Crippen LogP contribution in [0.5, 0.6) is 0 Å². The van der Waals surface area contributed by atoms with Gasteiger partial charge in [-0.3, -0.25) is 14.3 Å². The summed E-state index contributed by atoms with van der Waals surface area (Å²) in [6.07, 6.45) is 3.10. The number of hydrogen-bond donors (Lipinski definition) is 2. The molecular weight excluding hydrogens is 616 g/mol. The van der Waals surface area contributed by atoms with Crippen molar-refractivity contribution >= 4 is 17.6 Å². The predicted octanol–water partition coefficient (Wildman–Crippen LogP) is 5.69. The first-order chi connectivity index (χ1) is 21.5. The van der Waals surface area contributed by atoms with E-state index in [1.165, 1.54) is 30.5 Å². The SMILES string of the molecule is Cn1ccc(C[C@H](c2ccc(-c3c(-[n+]4cc(C(F)(F)F)n[nH]4)ccc(Cl)c3F)cn2)n2cc(-c3ccc(C(=O)O)cc3)cn2)n1. The molecule has 15 heteroatoms. The Balaban J connectivity index is 1.37. The molecule has 0 radical (unpaired) electrons. The number of benzene rings is 2. The van der Waals surface area contributed by atoms with Crippen molar-refractivity contribution in [3.63, 3.8) is 0 Å². The number of aromatic nitrogens is 8. The van der Waals surface area contributed by atoms with E-state index in [1.807, 2.05) is 12.3 Å². The monoisotopic (exact) mass is 637 g/mol. The van der Waals surface area contributed by atoms with Gasteiger partial charge in [-0.1, -0.05) is 35.0 Å². The van der Waals surface area contributed by atoms with Gasteiger partial charge in [0.15, 0.2) is 17.7 Å². The molecule has 2 N–H and O–H groups in total. The Morgan fingerprint density at radius 2 is 1.80 bits per heavy atom. The summed E-state index contributed by atoms with van der Waals surface area (Å²) >= 11 is 6.07. The van der Waals surface area contributed by atoms with Gasteiger partial charge in [0.2, 0.25) is 0 Å². The second-order valence-electron chi connectivity index (χ2n) is 10.1. The molecule has 4 heterocycles. The summed E-state index contributed by atoms with van der Waals surface area (Å²) < 4.78 is 59.4. The molecule has 0 unspecified atom stereocenters. The molecule has 0 saturated heterocycles. The summed E-state index contributed by atoms with van der Waals surface area (Å²) in [6, 6.07) is 13.7. The molecule has 0 fully saturated rings. The van der Waals surface area contributed by atoms with Gasteiger partial charge in [0.25, 0.3) is 0 Å². The van der Waals surface area contributed by atoms with Gasteiger partial charge in [-0.2, -0.15) is 23.4 Å². The molecule has 1 atom stereocenters. The topological polar surface area (TPSA) is 118 Å². The lowest BCUT2D eigenvalue weighted by Gasteiger charge is -2.17. The first kappa shape index (κ1) is 29.7. The van der Waals surface area contributed by atoms with Crippen LogP contribution in [0.1, 0.15) is 33.5 Å². The van der Waals surface area contributed by atoms with Gasteiger partial charge in [0, 0.05) is 43.2 Å². The fourth-order valence-corrected chi connectivity index (χ4v) is 5.04. The smallest absolute Gasteiger partial charge is 0.464 e. The fraction of sp³-hybridized carbons (Fsp3) is 0.133. The van der Waals surface area contributed by atoms with Gasteiger partial charge in [-0.25, -0.2) is 9.18 Å². The molecule has 0 saturated carbocycles. The number of carboxylic acids is 1. The summed E-state index contributed by atoms with van der Waals surface area (Å²) in [6.45, 7) is 0. The molecule has 0 bridgehead atoms. The Labute approximate surface area is 257 Å². The Bertz CT molecular complexity index is 2000. The summed E-state index contributed by atoms with van der Waals surface area (Å²) in [5, 5.41) is 23.6. The normalized spacial score (nSPS) is 12.4. The maximum atomic E-state index is 15.4. The Hall–Kier alpha value is -5.37. The van der Waals surface area contributed by atoms with E-state index >= 15 is 4.39 Å². The van der Waals surface area contributed by atoms with E-state index < -0.39 is 29.7 Å². The van der Waals surface area contributed by atoms with E-state index in [9.17, 15) is 23.1 Å². The van der Waals surface area contributed by atoms with Crippen LogP contribution < -0.4 is 4.68 Å². The van der Waals surface area contributed by atoms with E-state index in [1.54, 1.807) is 53.1 Å². The van der Waals surface area contributed by atoms with Crippen LogP contribution in [0.15, 0.2) is 85.6 Å². The number of halogens is 5. The Morgan fingerprint density at radius 1 is 1.04 bits per heavy atom. The standard InChI is InChI=1S/C30H21ClF4N8O2/c1-41-11-10-21(39-41)12-25(42-15-20(14-37-42)17-2-4-18(5-3-17)29(44)45)23-8-6-19(13-36-23)27-24(9-7-22(31)28(27)32)43-16-26(38-40-43)30(33,34)35/h2-11,13-16,25H,12H2,1H3,(H,44,45)/p+1/t25-/m1/s1. The van der Waals surface area contributed by atoms with Gasteiger partial charge in [0.05, 0.1) is 44.9 Å². The van der Waals surface area contributed by atoms with Crippen LogP contribution in [0.2, 0.25) is 5.02 Å². The van der Waals surface area contributed by atoms with Crippen LogP contribution >= 0.6 is 11.6 Å². The molecule has 4 aromatic heterocycles.